The summed E-state index contributed by atoms with van der Waals surface area (Å²) in [7, 11) is 0. The van der Waals surface area contributed by atoms with Crippen molar-refractivity contribution in [2.75, 3.05) is 13.1 Å². The number of carbonyl (C=O) groups excluding carboxylic acids is 2. The number of hydrogen-bond donors (Lipinski definition) is 2. The van der Waals surface area contributed by atoms with E-state index in [0.717, 1.165) is 4.90 Å². The van der Waals surface area contributed by atoms with Gasteiger partial charge >= 0.3 is 5.97 Å². The van der Waals surface area contributed by atoms with E-state index in [1.807, 2.05) is 0 Å². The second-order valence-corrected chi connectivity index (χ2v) is 3.95. The minimum Gasteiger partial charge on any atom is -0.480 e. The standard InChI is InChI=1S/C12H16N2O5/c1-3-14(6-10(15)16)12(18)8(2)13-11(17)9-4-5-19-7-9/h4-5,7-8H,3,6H2,1-2H3,(H,13,17)(H,15,16). The number of amides is 2. The van der Waals surface area contributed by atoms with Gasteiger partial charge in [-0.3, -0.25) is 14.4 Å². The van der Waals surface area contributed by atoms with Crippen molar-refractivity contribution in [3.8, 4) is 0 Å². The fraction of sp³-hybridized carbons (Fsp3) is 0.417. The monoisotopic (exact) mass is 268 g/mol. The Kier molecular flexibility index (Phi) is 5.11. The molecule has 0 aliphatic carbocycles. The summed E-state index contributed by atoms with van der Waals surface area (Å²) in [5.41, 5.74) is 0.306. The van der Waals surface area contributed by atoms with Gasteiger partial charge in [-0.1, -0.05) is 0 Å². The average Bonchev–Trinajstić information content (AvgIpc) is 2.88. The van der Waals surface area contributed by atoms with E-state index in [4.69, 9.17) is 9.52 Å². The Morgan fingerprint density at radius 2 is 2.16 bits per heavy atom. The van der Waals surface area contributed by atoms with Crippen molar-refractivity contribution in [1.29, 1.82) is 0 Å². The van der Waals surface area contributed by atoms with Gasteiger partial charge in [-0.25, -0.2) is 0 Å². The second kappa shape index (κ2) is 6.58. The number of nitrogens with one attached hydrogen (secondary N) is 1. The van der Waals surface area contributed by atoms with Crippen LogP contribution in [0.5, 0.6) is 0 Å². The van der Waals surface area contributed by atoms with Crippen molar-refractivity contribution in [2.45, 2.75) is 19.9 Å². The first-order valence-corrected chi connectivity index (χ1v) is 5.79. The molecule has 1 atom stereocenters. The van der Waals surface area contributed by atoms with E-state index < -0.39 is 23.8 Å². The Morgan fingerprint density at radius 1 is 1.47 bits per heavy atom. The van der Waals surface area contributed by atoms with Crippen LogP contribution in [0.25, 0.3) is 0 Å². The van der Waals surface area contributed by atoms with Gasteiger partial charge in [0, 0.05) is 6.54 Å². The van der Waals surface area contributed by atoms with Crippen molar-refractivity contribution >= 4 is 17.8 Å². The molecule has 1 aromatic rings. The van der Waals surface area contributed by atoms with Crippen LogP contribution in [0.1, 0.15) is 24.2 Å². The Morgan fingerprint density at radius 3 is 2.63 bits per heavy atom. The van der Waals surface area contributed by atoms with Crippen LogP contribution in [-0.4, -0.2) is 46.9 Å². The quantitative estimate of drug-likeness (QED) is 0.774. The van der Waals surface area contributed by atoms with Crippen molar-refractivity contribution < 1.29 is 23.9 Å². The largest absolute Gasteiger partial charge is 0.480 e. The average molecular weight is 268 g/mol. The van der Waals surface area contributed by atoms with Crippen molar-refractivity contribution in [3.05, 3.63) is 24.2 Å². The van der Waals surface area contributed by atoms with Crippen LogP contribution >= 0.6 is 0 Å². The smallest absolute Gasteiger partial charge is 0.323 e. The van der Waals surface area contributed by atoms with Gasteiger partial charge < -0.3 is 19.7 Å². The van der Waals surface area contributed by atoms with Gasteiger partial charge in [0.1, 0.15) is 18.8 Å². The molecule has 0 saturated heterocycles. The molecule has 0 spiro atoms. The number of nitrogens with zero attached hydrogens (tertiary/aromatic N) is 1. The molecule has 0 bridgehead atoms. The maximum Gasteiger partial charge on any atom is 0.323 e. The molecule has 19 heavy (non-hydrogen) atoms. The fourth-order valence-electron chi connectivity index (χ4n) is 1.52. The first-order chi connectivity index (χ1) is 8.95. The fourth-order valence-corrected chi connectivity index (χ4v) is 1.52. The third-order valence-electron chi connectivity index (χ3n) is 2.52. The lowest BCUT2D eigenvalue weighted by molar-refractivity contribution is -0.144. The van der Waals surface area contributed by atoms with Gasteiger partial charge in [-0.2, -0.15) is 0 Å². The number of carboxylic acid groups (broad SMARTS) is 1. The van der Waals surface area contributed by atoms with Crippen LogP contribution in [0.15, 0.2) is 23.0 Å². The number of likely N-dealkylation sites (N-methyl/N-ethyl adjacent to an activating group) is 1. The summed E-state index contributed by atoms with van der Waals surface area (Å²) in [6.07, 6.45) is 2.62. The molecule has 7 heteroatoms. The molecule has 2 N–H and O–H groups in total. The van der Waals surface area contributed by atoms with E-state index >= 15 is 0 Å². The zero-order valence-corrected chi connectivity index (χ0v) is 10.8. The summed E-state index contributed by atoms with van der Waals surface area (Å²) < 4.78 is 4.77. The van der Waals surface area contributed by atoms with Crippen LogP contribution in [0, 0.1) is 0 Å². The first-order valence-electron chi connectivity index (χ1n) is 5.79. The molecule has 7 nitrogen and oxygen atoms in total. The zero-order chi connectivity index (χ0) is 14.4. The van der Waals surface area contributed by atoms with Crippen LogP contribution in [-0.2, 0) is 9.59 Å². The number of hydrogen-bond acceptors (Lipinski definition) is 4. The van der Waals surface area contributed by atoms with Crippen LogP contribution in [0.3, 0.4) is 0 Å². The molecule has 2 amide bonds. The molecule has 0 aromatic carbocycles. The van der Waals surface area contributed by atoms with Crippen LogP contribution < -0.4 is 5.32 Å². The number of furan rings is 1. The van der Waals surface area contributed by atoms with Crippen molar-refractivity contribution in [1.82, 2.24) is 10.2 Å². The highest BCUT2D eigenvalue weighted by atomic mass is 16.4. The third-order valence-corrected chi connectivity index (χ3v) is 2.52. The molecular formula is C12H16N2O5. The predicted octanol–water partition coefficient (Wildman–Crippen LogP) is 0.331. The Hall–Kier alpha value is -2.31. The molecule has 104 valence electrons. The Balaban J connectivity index is 2.61. The Bertz CT molecular complexity index is 455. The summed E-state index contributed by atoms with van der Waals surface area (Å²) >= 11 is 0. The van der Waals surface area contributed by atoms with Crippen LogP contribution in [0.4, 0.5) is 0 Å². The molecule has 1 unspecified atom stereocenters. The lowest BCUT2D eigenvalue weighted by Gasteiger charge is -2.23. The zero-order valence-electron chi connectivity index (χ0n) is 10.8. The molecule has 0 radical (unpaired) electrons. The van der Waals surface area contributed by atoms with Crippen molar-refractivity contribution in [3.63, 3.8) is 0 Å². The second-order valence-electron chi connectivity index (χ2n) is 3.95. The van der Waals surface area contributed by atoms with Gasteiger partial charge in [0.05, 0.1) is 11.8 Å². The minimum absolute atomic E-state index is 0.261. The number of aliphatic carboxylic acids is 1. The number of carbonyl (C=O) groups is 3. The topological polar surface area (TPSA) is 99.9 Å². The summed E-state index contributed by atoms with van der Waals surface area (Å²) in [5.74, 6) is -1.98. The van der Waals surface area contributed by atoms with Gasteiger partial charge in [-0.15, -0.1) is 0 Å². The van der Waals surface area contributed by atoms with E-state index in [-0.39, 0.29) is 13.1 Å². The van der Waals surface area contributed by atoms with Gasteiger partial charge in [-0.05, 0) is 19.9 Å². The van der Waals surface area contributed by atoms with E-state index in [1.165, 1.54) is 25.5 Å². The molecule has 1 heterocycles. The highest BCUT2D eigenvalue weighted by Gasteiger charge is 2.23. The van der Waals surface area contributed by atoms with Crippen LogP contribution in [0.2, 0.25) is 0 Å². The Labute approximate surface area is 110 Å². The summed E-state index contributed by atoms with van der Waals surface area (Å²) in [6, 6.07) is 0.670. The van der Waals surface area contributed by atoms with Gasteiger partial charge in [0.25, 0.3) is 5.91 Å². The third kappa shape index (κ3) is 4.13. The molecule has 0 fully saturated rings. The lowest BCUT2D eigenvalue weighted by atomic mass is 10.2. The molecule has 1 aromatic heterocycles. The van der Waals surface area contributed by atoms with Gasteiger partial charge in [0.15, 0.2) is 0 Å². The van der Waals surface area contributed by atoms with E-state index in [2.05, 4.69) is 5.32 Å². The number of carboxylic acids is 1. The SMILES string of the molecule is CCN(CC(=O)O)C(=O)C(C)NC(=O)c1ccoc1. The maximum atomic E-state index is 11.9. The molecule has 0 aliphatic rings. The molecule has 1 rings (SSSR count). The first kappa shape index (κ1) is 14.7. The maximum absolute atomic E-state index is 11.9. The highest BCUT2D eigenvalue weighted by Crippen LogP contribution is 2.01. The molecular weight excluding hydrogens is 252 g/mol. The summed E-state index contributed by atoms with van der Waals surface area (Å²) in [5, 5.41) is 11.2. The highest BCUT2D eigenvalue weighted by molar-refractivity contribution is 5.97. The van der Waals surface area contributed by atoms with E-state index in [9.17, 15) is 14.4 Å². The minimum atomic E-state index is -1.09. The normalized spacial score (nSPS) is 11.7. The predicted molar refractivity (Wildman–Crippen MR) is 65.5 cm³/mol. The summed E-state index contributed by atoms with van der Waals surface area (Å²) in [6.45, 7) is 3.05. The lowest BCUT2D eigenvalue weighted by Crippen LogP contribution is -2.48. The van der Waals surface area contributed by atoms with Gasteiger partial charge in [0.2, 0.25) is 5.91 Å². The van der Waals surface area contributed by atoms with Crippen molar-refractivity contribution in [2.24, 2.45) is 0 Å². The molecule has 0 aliphatic heterocycles. The molecule has 0 saturated carbocycles. The number of rotatable bonds is 6. The summed E-state index contributed by atoms with van der Waals surface area (Å²) in [4.78, 5) is 35.4. The van der Waals surface area contributed by atoms with E-state index in [0.29, 0.717) is 5.56 Å². The van der Waals surface area contributed by atoms with E-state index in [1.54, 1.807) is 6.92 Å².